The second-order valence-corrected chi connectivity index (χ2v) is 5.79. The molecule has 3 rings (SSSR count). The normalized spacial score (nSPS) is 16.0. The maximum atomic E-state index is 13.4. The van der Waals surface area contributed by atoms with Crippen LogP contribution >= 0.6 is 0 Å². The molecule has 0 atom stereocenters. The Hall–Kier alpha value is -1.75. The molecule has 1 fully saturated rings. The van der Waals surface area contributed by atoms with Crippen LogP contribution in [0.25, 0.3) is 10.9 Å². The van der Waals surface area contributed by atoms with Crippen LogP contribution in [0.1, 0.15) is 38.5 Å². The van der Waals surface area contributed by atoms with Crippen molar-refractivity contribution in [3.05, 3.63) is 30.3 Å². The van der Waals surface area contributed by atoms with Crippen LogP contribution in [-0.2, 0) is 4.74 Å². The molecular weight excluding hydrogens is 281 g/mol. The first-order valence-corrected chi connectivity index (χ1v) is 8.09. The summed E-state index contributed by atoms with van der Waals surface area (Å²) >= 11 is 0. The van der Waals surface area contributed by atoms with E-state index in [2.05, 4.69) is 15.3 Å². The summed E-state index contributed by atoms with van der Waals surface area (Å²) in [4.78, 5) is 8.35. The molecular formula is C17H22FN3O. The van der Waals surface area contributed by atoms with Gasteiger partial charge in [-0.2, -0.15) is 0 Å². The lowest BCUT2D eigenvalue weighted by atomic mass is 9.98. The standard InChI is InChI=1S/C17H22FN3O/c18-13-7-8-16-15(11-13)17(21-12-20-16)19-9-4-10-22-14-5-2-1-3-6-14/h7-8,11-12,14H,1-6,9-10H2,(H,19,20,21). The molecule has 1 aliphatic rings. The summed E-state index contributed by atoms with van der Waals surface area (Å²) in [6.07, 6.45) is 9.19. The Bertz CT molecular complexity index is 614. The number of nitrogens with one attached hydrogen (secondary N) is 1. The molecule has 0 bridgehead atoms. The number of benzene rings is 1. The first-order chi connectivity index (χ1) is 10.8. The first kappa shape index (κ1) is 15.2. The topological polar surface area (TPSA) is 47.0 Å². The van der Waals surface area contributed by atoms with E-state index in [0.29, 0.717) is 11.9 Å². The third kappa shape index (κ3) is 3.91. The Morgan fingerprint density at radius 3 is 2.91 bits per heavy atom. The van der Waals surface area contributed by atoms with Crippen LogP contribution in [0.5, 0.6) is 0 Å². The number of hydrogen-bond acceptors (Lipinski definition) is 4. The highest BCUT2D eigenvalue weighted by Crippen LogP contribution is 2.21. The molecule has 4 nitrogen and oxygen atoms in total. The molecule has 22 heavy (non-hydrogen) atoms. The third-order valence-corrected chi connectivity index (χ3v) is 4.12. The van der Waals surface area contributed by atoms with Crippen molar-refractivity contribution in [3.8, 4) is 0 Å². The Kier molecular flexibility index (Phi) is 5.16. The van der Waals surface area contributed by atoms with Gasteiger partial charge in [0.15, 0.2) is 0 Å². The third-order valence-electron chi connectivity index (χ3n) is 4.12. The van der Waals surface area contributed by atoms with Gasteiger partial charge in [0.2, 0.25) is 0 Å². The number of halogens is 1. The molecule has 1 heterocycles. The zero-order chi connectivity index (χ0) is 15.2. The molecule has 118 valence electrons. The van der Waals surface area contributed by atoms with Gasteiger partial charge in [-0.1, -0.05) is 19.3 Å². The molecule has 0 radical (unpaired) electrons. The summed E-state index contributed by atoms with van der Waals surface area (Å²) < 4.78 is 19.3. The van der Waals surface area contributed by atoms with Crippen LogP contribution < -0.4 is 5.32 Å². The molecule has 1 N–H and O–H groups in total. The minimum absolute atomic E-state index is 0.272. The van der Waals surface area contributed by atoms with Gasteiger partial charge in [0.05, 0.1) is 11.6 Å². The van der Waals surface area contributed by atoms with E-state index in [0.717, 1.165) is 30.5 Å². The van der Waals surface area contributed by atoms with E-state index in [1.54, 1.807) is 6.07 Å². The molecule has 5 heteroatoms. The van der Waals surface area contributed by atoms with Crippen molar-refractivity contribution in [2.75, 3.05) is 18.5 Å². The number of aromatic nitrogens is 2. The highest BCUT2D eigenvalue weighted by Gasteiger charge is 2.13. The van der Waals surface area contributed by atoms with Crippen LogP contribution in [0.4, 0.5) is 10.2 Å². The summed E-state index contributed by atoms with van der Waals surface area (Å²) in [5, 5.41) is 3.97. The van der Waals surface area contributed by atoms with Gasteiger partial charge in [-0.05, 0) is 37.5 Å². The monoisotopic (exact) mass is 303 g/mol. The van der Waals surface area contributed by atoms with E-state index in [1.165, 1.54) is 50.6 Å². The zero-order valence-corrected chi connectivity index (χ0v) is 12.7. The van der Waals surface area contributed by atoms with Crippen LogP contribution in [0.2, 0.25) is 0 Å². The van der Waals surface area contributed by atoms with Crippen LogP contribution in [0.3, 0.4) is 0 Å². The number of hydrogen-bond donors (Lipinski definition) is 1. The SMILES string of the molecule is Fc1ccc2ncnc(NCCCOC3CCCCC3)c2c1. The van der Waals surface area contributed by atoms with Gasteiger partial charge in [-0.15, -0.1) is 0 Å². The minimum Gasteiger partial charge on any atom is -0.378 e. The maximum absolute atomic E-state index is 13.4. The predicted octanol–water partition coefficient (Wildman–Crippen LogP) is 3.92. The van der Waals surface area contributed by atoms with Crippen LogP contribution in [0.15, 0.2) is 24.5 Å². The smallest absolute Gasteiger partial charge is 0.137 e. The molecule has 1 aromatic heterocycles. The van der Waals surface area contributed by atoms with Gasteiger partial charge in [-0.25, -0.2) is 14.4 Å². The van der Waals surface area contributed by atoms with E-state index >= 15 is 0 Å². The van der Waals surface area contributed by atoms with Crippen LogP contribution in [0, 0.1) is 5.82 Å². The van der Waals surface area contributed by atoms with E-state index in [1.807, 2.05) is 0 Å². The fourth-order valence-corrected chi connectivity index (χ4v) is 2.93. The van der Waals surface area contributed by atoms with Gasteiger partial charge in [0.25, 0.3) is 0 Å². The average molecular weight is 303 g/mol. The zero-order valence-electron chi connectivity index (χ0n) is 12.7. The van der Waals surface area contributed by atoms with E-state index in [9.17, 15) is 4.39 Å². The summed E-state index contributed by atoms with van der Waals surface area (Å²) in [6, 6.07) is 4.55. The van der Waals surface area contributed by atoms with Crippen molar-refractivity contribution in [1.82, 2.24) is 9.97 Å². The van der Waals surface area contributed by atoms with E-state index in [-0.39, 0.29) is 5.82 Å². The van der Waals surface area contributed by atoms with E-state index < -0.39 is 0 Å². The highest BCUT2D eigenvalue weighted by atomic mass is 19.1. The van der Waals surface area contributed by atoms with Crippen molar-refractivity contribution in [1.29, 1.82) is 0 Å². The van der Waals surface area contributed by atoms with Gasteiger partial charge in [0, 0.05) is 18.5 Å². The molecule has 0 saturated heterocycles. The molecule has 1 saturated carbocycles. The average Bonchev–Trinajstić information content (AvgIpc) is 2.56. The fourth-order valence-electron chi connectivity index (χ4n) is 2.93. The van der Waals surface area contributed by atoms with Crippen molar-refractivity contribution in [2.45, 2.75) is 44.6 Å². The number of rotatable bonds is 6. The molecule has 1 aromatic carbocycles. The molecule has 2 aromatic rings. The summed E-state index contributed by atoms with van der Waals surface area (Å²) in [5.74, 6) is 0.410. The minimum atomic E-state index is -0.272. The summed E-state index contributed by atoms with van der Waals surface area (Å²) in [5.41, 5.74) is 0.748. The number of nitrogens with zero attached hydrogens (tertiary/aromatic N) is 2. The fraction of sp³-hybridized carbons (Fsp3) is 0.529. The van der Waals surface area contributed by atoms with Crippen molar-refractivity contribution >= 4 is 16.7 Å². The molecule has 0 unspecified atom stereocenters. The van der Waals surface area contributed by atoms with Crippen molar-refractivity contribution in [2.24, 2.45) is 0 Å². The quantitative estimate of drug-likeness (QED) is 0.822. The Balaban J connectivity index is 1.48. The second kappa shape index (κ2) is 7.49. The Morgan fingerprint density at radius 2 is 2.05 bits per heavy atom. The molecule has 0 amide bonds. The second-order valence-electron chi connectivity index (χ2n) is 5.79. The number of fused-ring (bicyclic) bond motifs is 1. The lowest BCUT2D eigenvalue weighted by Crippen LogP contribution is -2.18. The number of anilines is 1. The van der Waals surface area contributed by atoms with Crippen LogP contribution in [-0.4, -0.2) is 29.2 Å². The van der Waals surface area contributed by atoms with Gasteiger partial charge in [0.1, 0.15) is 18.0 Å². The Labute approximate surface area is 130 Å². The molecule has 0 aliphatic heterocycles. The van der Waals surface area contributed by atoms with Gasteiger partial charge >= 0.3 is 0 Å². The van der Waals surface area contributed by atoms with Crippen molar-refractivity contribution in [3.63, 3.8) is 0 Å². The van der Waals surface area contributed by atoms with Gasteiger partial charge < -0.3 is 10.1 Å². The lowest BCUT2D eigenvalue weighted by Gasteiger charge is -2.22. The molecule has 0 spiro atoms. The molecule has 1 aliphatic carbocycles. The lowest BCUT2D eigenvalue weighted by molar-refractivity contribution is 0.0284. The summed E-state index contributed by atoms with van der Waals surface area (Å²) in [6.45, 7) is 1.52. The maximum Gasteiger partial charge on any atom is 0.137 e. The number of ether oxygens (including phenoxy) is 1. The largest absolute Gasteiger partial charge is 0.378 e. The summed E-state index contributed by atoms with van der Waals surface area (Å²) in [7, 11) is 0. The van der Waals surface area contributed by atoms with E-state index in [4.69, 9.17) is 4.74 Å². The van der Waals surface area contributed by atoms with Gasteiger partial charge in [-0.3, -0.25) is 0 Å². The highest BCUT2D eigenvalue weighted by molar-refractivity contribution is 5.88. The Morgan fingerprint density at radius 1 is 1.18 bits per heavy atom. The first-order valence-electron chi connectivity index (χ1n) is 8.09. The van der Waals surface area contributed by atoms with Crippen molar-refractivity contribution < 1.29 is 9.13 Å². The predicted molar refractivity (Wildman–Crippen MR) is 85.4 cm³/mol.